The first-order valence-corrected chi connectivity index (χ1v) is 6.01. The van der Waals surface area contributed by atoms with Crippen LogP contribution in [0.3, 0.4) is 0 Å². The summed E-state index contributed by atoms with van der Waals surface area (Å²) < 4.78 is 3.47. The first kappa shape index (κ1) is 10.2. The number of anilines is 1. The molecule has 17 heavy (non-hydrogen) atoms. The molecule has 0 aliphatic rings. The molecule has 0 bridgehead atoms. The third-order valence-electron chi connectivity index (χ3n) is 2.57. The van der Waals surface area contributed by atoms with Crippen molar-refractivity contribution in [2.24, 2.45) is 7.05 Å². The Morgan fingerprint density at radius 2 is 2.18 bits per heavy atom. The molecule has 0 aliphatic carbocycles. The number of aryl methyl sites for hydroxylation is 2. The molecule has 3 rings (SSSR count). The first-order chi connectivity index (χ1) is 8.19. The Kier molecular flexibility index (Phi) is 2.11. The summed E-state index contributed by atoms with van der Waals surface area (Å²) in [5.74, 6) is 0.628. The van der Waals surface area contributed by atoms with Crippen molar-refractivity contribution in [1.29, 1.82) is 0 Å². The maximum atomic E-state index is 5.64. The number of nitrogen functional groups attached to an aromatic ring is 1. The Balaban J connectivity index is 2.19. The van der Waals surface area contributed by atoms with E-state index in [1.165, 1.54) is 11.3 Å². The van der Waals surface area contributed by atoms with Gasteiger partial charge in [-0.15, -0.1) is 15.3 Å². The Morgan fingerprint density at radius 3 is 2.88 bits per heavy atom. The molecule has 3 aromatic rings. The van der Waals surface area contributed by atoms with Crippen molar-refractivity contribution in [3.05, 3.63) is 11.8 Å². The minimum atomic E-state index is 0.475. The molecule has 0 unspecified atom stereocenters. The second-order valence-electron chi connectivity index (χ2n) is 3.66. The van der Waals surface area contributed by atoms with Crippen LogP contribution < -0.4 is 5.73 Å². The Bertz CT molecular complexity index is 677. The van der Waals surface area contributed by atoms with Crippen LogP contribution in [0.2, 0.25) is 0 Å². The lowest BCUT2D eigenvalue weighted by atomic mass is 10.3. The quantitative estimate of drug-likeness (QED) is 0.723. The van der Waals surface area contributed by atoms with E-state index in [2.05, 4.69) is 27.3 Å². The summed E-state index contributed by atoms with van der Waals surface area (Å²) in [5, 5.41) is 17.1. The zero-order valence-electron chi connectivity index (χ0n) is 9.45. The van der Waals surface area contributed by atoms with Crippen molar-refractivity contribution in [2.45, 2.75) is 13.3 Å². The van der Waals surface area contributed by atoms with Crippen LogP contribution in [-0.4, -0.2) is 29.6 Å². The Labute approximate surface area is 101 Å². The summed E-state index contributed by atoms with van der Waals surface area (Å²) in [4.78, 5) is 0.682. The highest BCUT2D eigenvalue weighted by atomic mass is 32.1. The fourth-order valence-electron chi connectivity index (χ4n) is 1.74. The smallest absolute Gasteiger partial charge is 0.236 e. The highest BCUT2D eigenvalue weighted by molar-refractivity contribution is 7.20. The summed E-state index contributed by atoms with van der Waals surface area (Å²) in [6.07, 6.45) is 0.921. The summed E-state index contributed by atoms with van der Waals surface area (Å²) in [6, 6.07) is 1.99. The van der Waals surface area contributed by atoms with Gasteiger partial charge in [0.2, 0.25) is 15.9 Å². The summed E-state index contributed by atoms with van der Waals surface area (Å²) in [5.41, 5.74) is 7.54. The van der Waals surface area contributed by atoms with Crippen LogP contribution >= 0.6 is 11.3 Å². The average Bonchev–Trinajstić information content (AvgIpc) is 2.91. The third kappa shape index (κ3) is 1.48. The highest BCUT2D eigenvalue weighted by Gasteiger charge is 2.15. The van der Waals surface area contributed by atoms with Crippen LogP contribution in [0.25, 0.3) is 16.5 Å². The molecule has 0 atom stereocenters. The van der Waals surface area contributed by atoms with E-state index in [4.69, 9.17) is 5.73 Å². The fraction of sp³-hybridized carbons (Fsp3) is 0.333. The van der Waals surface area contributed by atoms with Crippen molar-refractivity contribution in [2.75, 3.05) is 5.73 Å². The molecule has 3 aromatic heterocycles. The lowest BCUT2D eigenvalue weighted by molar-refractivity contribution is 0.718. The van der Waals surface area contributed by atoms with Crippen LogP contribution in [0.15, 0.2) is 6.07 Å². The molecule has 0 amide bonds. The zero-order chi connectivity index (χ0) is 12.0. The van der Waals surface area contributed by atoms with E-state index < -0.39 is 0 Å². The van der Waals surface area contributed by atoms with Crippen LogP contribution in [0.5, 0.6) is 0 Å². The van der Waals surface area contributed by atoms with Crippen LogP contribution in [0.4, 0.5) is 5.13 Å². The fourth-order valence-corrected chi connectivity index (χ4v) is 2.34. The van der Waals surface area contributed by atoms with Gasteiger partial charge in [-0.3, -0.25) is 4.68 Å². The molecule has 0 saturated heterocycles. The molecule has 0 spiro atoms. The van der Waals surface area contributed by atoms with Gasteiger partial charge in [-0.2, -0.15) is 9.61 Å². The Hall–Kier alpha value is -1.96. The van der Waals surface area contributed by atoms with E-state index in [9.17, 15) is 0 Å². The van der Waals surface area contributed by atoms with E-state index in [-0.39, 0.29) is 0 Å². The number of rotatable bonds is 2. The van der Waals surface area contributed by atoms with Gasteiger partial charge in [0.1, 0.15) is 5.69 Å². The van der Waals surface area contributed by atoms with Crippen LogP contribution in [-0.2, 0) is 13.5 Å². The Morgan fingerprint density at radius 1 is 1.35 bits per heavy atom. The largest absolute Gasteiger partial charge is 0.374 e. The van der Waals surface area contributed by atoms with Crippen molar-refractivity contribution in [3.63, 3.8) is 0 Å². The number of fused-ring (bicyclic) bond motifs is 1. The van der Waals surface area contributed by atoms with Crippen LogP contribution in [0, 0.1) is 0 Å². The second kappa shape index (κ2) is 3.52. The topological polar surface area (TPSA) is 86.9 Å². The molecule has 8 heteroatoms. The van der Waals surface area contributed by atoms with Crippen molar-refractivity contribution in [3.8, 4) is 11.5 Å². The molecule has 0 aromatic carbocycles. The van der Waals surface area contributed by atoms with Gasteiger partial charge < -0.3 is 5.73 Å². The molecule has 0 radical (unpaired) electrons. The van der Waals surface area contributed by atoms with Gasteiger partial charge in [0.15, 0.2) is 0 Å². The average molecular weight is 249 g/mol. The molecule has 2 N–H and O–H groups in total. The van der Waals surface area contributed by atoms with Gasteiger partial charge in [-0.25, -0.2) is 0 Å². The maximum Gasteiger partial charge on any atom is 0.236 e. The molecule has 88 valence electrons. The van der Waals surface area contributed by atoms with E-state index in [1.807, 2.05) is 17.8 Å². The van der Waals surface area contributed by atoms with Gasteiger partial charge in [0, 0.05) is 12.7 Å². The number of aromatic nitrogens is 6. The van der Waals surface area contributed by atoms with Crippen molar-refractivity contribution >= 4 is 21.4 Å². The second-order valence-corrected chi connectivity index (χ2v) is 4.64. The minimum absolute atomic E-state index is 0.475. The van der Waals surface area contributed by atoms with E-state index in [0.717, 1.165) is 17.8 Å². The zero-order valence-corrected chi connectivity index (χ0v) is 10.3. The van der Waals surface area contributed by atoms with Gasteiger partial charge >= 0.3 is 0 Å². The highest BCUT2D eigenvalue weighted by Crippen LogP contribution is 2.22. The number of nitrogens with zero attached hydrogens (tertiary/aromatic N) is 6. The molecule has 3 heterocycles. The molecule has 7 nitrogen and oxygen atoms in total. The predicted octanol–water partition coefficient (Wildman–Crippen LogP) is 0.731. The van der Waals surface area contributed by atoms with E-state index in [1.54, 1.807) is 4.52 Å². The van der Waals surface area contributed by atoms with Gasteiger partial charge in [-0.1, -0.05) is 18.3 Å². The standard InChI is InChI=1S/C9H11N7S/c1-3-5-4-6(13-15(5)2)7-11-12-9-16(7)14-8(10)17-9/h4H,3H2,1-2H3,(H2,10,14). The molecule has 0 fully saturated rings. The van der Waals surface area contributed by atoms with Crippen molar-refractivity contribution < 1.29 is 0 Å². The maximum absolute atomic E-state index is 5.64. The third-order valence-corrected chi connectivity index (χ3v) is 3.30. The van der Waals surface area contributed by atoms with E-state index in [0.29, 0.717) is 15.9 Å². The normalized spacial score (nSPS) is 11.4. The number of hydrogen-bond donors (Lipinski definition) is 1. The predicted molar refractivity (Wildman–Crippen MR) is 64.7 cm³/mol. The summed E-state index contributed by atoms with van der Waals surface area (Å²) in [6.45, 7) is 2.08. The lowest BCUT2D eigenvalue weighted by Crippen LogP contribution is -1.97. The monoisotopic (exact) mass is 249 g/mol. The number of hydrogen-bond acceptors (Lipinski definition) is 6. The van der Waals surface area contributed by atoms with E-state index >= 15 is 0 Å². The van der Waals surface area contributed by atoms with Gasteiger partial charge in [0.25, 0.3) is 0 Å². The molecular formula is C9H11N7S. The van der Waals surface area contributed by atoms with Gasteiger partial charge in [-0.05, 0) is 12.5 Å². The summed E-state index contributed by atoms with van der Waals surface area (Å²) in [7, 11) is 1.91. The lowest BCUT2D eigenvalue weighted by Gasteiger charge is -1.93. The molecule has 0 aliphatic heterocycles. The number of nitrogens with two attached hydrogens (primary N) is 1. The van der Waals surface area contributed by atoms with Crippen molar-refractivity contribution in [1.82, 2.24) is 29.6 Å². The van der Waals surface area contributed by atoms with Crippen LogP contribution in [0.1, 0.15) is 12.6 Å². The summed E-state index contributed by atoms with van der Waals surface area (Å²) >= 11 is 1.31. The van der Waals surface area contributed by atoms with Gasteiger partial charge in [0.05, 0.1) is 0 Å². The SMILES string of the molecule is CCc1cc(-c2nnc3sc(N)nn23)nn1C. The molecule has 0 saturated carbocycles. The minimum Gasteiger partial charge on any atom is -0.374 e. The molecular weight excluding hydrogens is 238 g/mol. The first-order valence-electron chi connectivity index (χ1n) is 5.20.